The van der Waals surface area contributed by atoms with E-state index in [1.807, 2.05) is 36.4 Å². The highest BCUT2D eigenvalue weighted by Crippen LogP contribution is 2.51. The highest BCUT2D eigenvalue weighted by Gasteiger charge is 2.36. The molecular weight excluding hydrogens is 464 g/mol. The lowest BCUT2D eigenvalue weighted by molar-refractivity contribution is -0.135. The fraction of sp³-hybridized carbons (Fsp3) is 0.214. The molecule has 0 saturated carbocycles. The molecule has 3 aromatic carbocycles. The summed E-state index contributed by atoms with van der Waals surface area (Å²) in [6.07, 6.45) is -0.000449. The van der Waals surface area contributed by atoms with Crippen LogP contribution in [0, 0.1) is 0 Å². The zero-order valence-corrected chi connectivity index (χ0v) is 20.2. The van der Waals surface area contributed by atoms with E-state index in [2.05, 4.69) is 0 Å². The third-order valence-corrected chi connectivity index (χ3v) is 6.30. The van der Waals surface area contributed by atoms with Crippen molar-refractivity contribution in [3.63, 3.8) is 0 Å². The molecular formula is C28H24O8. The van der Waals surface area contributed by atoms with E-state index in [1.165, 1.54) is 34.5 Å². The van der Waals surface area contributed by atoms with Gasteiger partial charge < -0.3 is 28.1 Å². The van der Waals surface area contributed by atoms with Crippen molar-refractivity contribution in [2.45, 2.75) is 12.3 Å². The number of esters is 1. The number of hydrogen-bond acceptors (Lipinski definition) is 8. The first-order valence-electron chi connectivity index (χ1n) is 11.2. The minimum atomic E-state index is -0.557. The van der Waals surface area contributed by atoms with Gasteiger partial charge in [0.15, 0.2) is 16.9 Å². The molecule has 1 aromatic heterocycles. The lowest BCUT2D eigenvalue weighted by Crippen LogP contribution is -2.22. The van der Waals surface area contributed by atoms with Crippen LogP contribution in [0.25, 0.3) is 22.3 Å². The van der Waals surface area contributed by atoms with Crippen LogP contribution in [0.2, 0.25) is 0 Å². The molecule has 0 aliphatic carbocycles. The summed E-state index contributed by atoms with van der Waals surface area (Å²) < 4.78 is 34.2. The molecule has 4 aromatic rings. The van der Waals surface area contributed by atoms with Gasteiger partial charge in [-0.05, 0) is 6.07 Å². The van der Waals surface area contributed by atoms with E-state index in [0.29, 0.717) is 34.1 Å². The Morgan fingerprint density at radius 3 is 2.19 bits per heavy atom. The zero-order chi connectivity index (χ0) is 25.4. The largest absolute Gasteiger partial charge is 0.496 e. The van der Waals surface area contributed by atoms with Crippen molar-refractivity contribution in [2.24, 2.45) is 0 Å². The van der Waals surface area contributed by atoms with Crippen molar-refractivity contribution in [1.29, 1.82) is 0 Å². The van der Waals surface area contributed by atoms with Gasteiger partial charge in [-0.2, -0.15) is 0 Å². The Morgan fingerprint density at radius 2 is 1.53 bits per heavy atom. The van der Waals surface area contributed by atoms with Crippen LogP contribution in [0.4, 0.5) is 0 Å². The Kier molecular flexibility index (Phi) is 6.01. The van der Waals surface area contributed by atoms with E-state index in [1.54, 1.807) is 12.1 Å². The molecule has 1 aliphatic heterocycles. The quantitative estimate of drug-likeness (QED) is 0.278. The first-order chi connectivity index (χ1) is 17.5. The maximum Gasteiger partial charge on any atom is 0.312 e. The molecule has 1 aliphatic rings. The molecule has 184 valence electrons. The van der Waals surface area contributed by atoms with Gasteiger partial charge in [-0.1, -0.05) is 36.4 Å². The molecule has 36 heavy (non-hydrogen) atoms. The molecule has 1 atom stereocenters. The zero-order valence-electron chi connectivity index (χ0n) is 20.2. The van der Waals surface area contributed by atoms with E-state index < -0.39 is 11.9 Å². The fourth-order valence-corrected chi connectivity index (χ4v) is 4.71. The molecule has 0 spiro atoms. The highest BCUT2D eigenvalue weighted by atomic mass is 16.5. The van der Waals surface area contributed by atoms with Crippen LogP contribution in [0.3, 0.4) is 0 Å². The van der Waals surface area contributed by atoms with Gasteiger partial charge in [0, 0.05) is 34.7 Å². The van der Waals surface area contributed by atoms with Crippen molar-refractivity contribution >= 4 is 16.9 Å². The lowest BCUT2D eigenvalue weighted by Gasteiger charge is -2.28. The smallest absolute Gasteiger partial charge is 0.312 e. The molecule has 0 bridgehead atoms. The molecule has 0 saturated heterocycles. The van der Waals surface area contributed by atoms with Crippen LogP contribution >= 0.6 is 0 Å². The Bertz CT molecular complexity index is 1520. The summed E-state index contributed by atoms with van der Waals surface area (Å²) in [7, 11) is 6.01. The number of fused-ring (bicyclic) bond motifs is 3. The Labute approximate surface area is 206 Å². The van der Waals surface area contributed by atoms with Gasteiger partial charge in [-0.15, -0.1) is 0 Å². The maximum atomic E-state index is 13.3. The topological polar surface area (TPSA) is 93.4 Å². The molecule has 5 rings (SSSR count). The number of benzene rings is 3. The molecule has 8 heteroatoms. The van der Waals surface area contributed by atoms with E-state index >= 15 is 0 Å². The third kappa shape index (κ3) is 3.71. The molecule has 0 unspecified atom stereocenters. The van der Waals surface area contributed by atoms with Gasteiger partial charge in [-0.25, -0.2) is 0 Å². The summed E-state index contributed by atoms with van der Waals surface area (Å²) in [5.41, 5.74) is 1.95. The predicted octanol–water partition coefficient (Wildman–Crippen LogP) is 4.94. The lowest BCUT2D eigenvalue weighted by atomic mass is 9.84. The number of hydrogen-bond donors (Lipinski definition) is 0. The number of ether oxygens (including phenoxy) is 5. The number of methoxy groups -OCH3 is 4. The number of carbonyl (C=O) groups excluding carboxylic acids is 1. The van der Waals surface area contributed by atoms with Gasteiger partial charge in [-0.3, -0.25) is 9.59 Å². The third-order valence-electron chi connectivity index (χ3n) is 6.30. The highest BCUT2D eigenvalue weighted by molar-refractivity contribution is 5.93. The second-order valence-electron chi connectivity index (χ2n) is 8.19. The summed E-state index contributed by atoms with van der Waals surface area (Å²) in [6, 6.07) is 15.8. The average Bonchev–Trinajstić information content (AvgIpc) is 2.91. The van der Waals surface area contributed by atoms with Crippen LogP contribution in [-0.4, -0.2) is 34.4 Å². The normalized spacial score (nSPS) is 14.7. The second kappa shape index (κ2) is 9.30. The minimum absolute atomic E-state index is 0.000449. The SMILES string of the molecule is COc1ccc([C@@H]2CC(=O)Oc3cc(OC)c4c(=O)cc(-c5ccccc5)oc4c32)c(OC)c1OC. The molecule has 8 nitrogen and oxygen atoms in total. The van der Waals surface area contributed by atoms with Crippen LogP contribution < -0.4 is 29.1 Å². The van der Waals surface area contributed by atoms with Crippen LogP contribution in [0.5, 0.6) is 28.7 Å². The Morgan fingerprint density at radius 1 is 0.806 bits per heavy atom. The minimum Gasteiger partial charge on any atom is -0.496 e. The van der Waals surface area contributed by atoms with Crippen LogP contribution in [-0.2, 0) is 4.79 Å². The van der Waals surface area contributed by atoms with Crippen LogP contribution in [0.15, 0.2) is 63.8 Å². The summed E-state index contributed by atoms with van der Waals surface area (Å²) in [5.74, 6) is 1.18. The van der Waals surface area contributed by atoms with Gasteiger partial charge in [0.05, 0.1) is 34.9 Å². The van der Waals surface area contributed by atoms with E-state index in [9.17, 15) is 9.59 Å². The maximum absolute atomic E-state index is 13.3. The van der Waals surface area contributed by atoms with Gasteiger partial charge in [0.25, 0.3) is 0 Å². The van der Waals surface area contributed by atoms with Gasteiger partial charge in [0.2, 0.25) is 5.75 Å². The van der Waals surface area contributed by atoms with Crippen LogP contribution in [0.1, 0.15) is 23.5 Å². The monoisotopic (exact) mass is 488 g/mol. The Hall–Kier alpha value is -4.46. The summed E-state index contributed by atoms with van der Waals surface area (Å²) in [5, 5.41) is 0.262. The van der Waals surface area contributed by atoms with E-state index in [-0.39, 0.29) is 34.3 Å². The molecule has 0 fully saturated rings. The summed E-state index contributed by atoms with van der Waals surface area (Å²) in [4.78, 5) is 26.1. The average molecular weight is 488 g/mol. The number of carbonyl (C=O) groups is 1. The summed E-state index contributed by atoms with van der Waals surface area (Å²) in [6.45, 7) is 0. The molecule has 0 N–H and O–H groups in total. The fourth-order valence-electron chi connectivity index (χ4n) is 4.71. The van der Waals surface area contributed by atoms with Crippen molar-refractivity contribution in [3.05, 3.63) is 75.9 Å². The second-order valence-corrected chi connectivity index (χ2v) is 8.19. The first kappa shape index (κ1) is 23.3. The van der Waals surface area contributed by atoms with Gasteiger partial charge in [0.1, 0.15) is 28.2 Å². The van der Waals surface area contributed by atoms with E-state index in [4.69, 9.17) is 28.1 Å². The molecule has 0 radical (unpaired) electrons. The van der Waals surface area contributed by atoms with Gasteiger partial charge >= 0.3 is 5.97 Å². The number of rotatable bonds is 6. The Balaban J connectivity index is 1.85. The standard InChI is InChI=1S/C28H24O8/c1-31-19-11-10-16(26(33-3)27(19)34-4)17-12-23(30)35-22-14-21(32-2)25-18(29)13-20(36-28(25)24(17)22)15-8-6-5-7-9-15/h5-11,13-14,17H,12H2,1-4H3/t17-/m0/s1. The van der Waals surface area contributed by atoms with Crippen molar-refractivity contribution in [1.82, 2.24) is 0 Å². The first-order valence-corrected chi connectivity index (χ1v) is 11.2. The van der Waals surface area contributed by atoms with Crippen molar-refractivity contribution in [2.75, 3.05) is 28.4 Å². The predicted molar refractivity (Wildman–Crippen MR) is 133 cm³/mol. The molecule has 0 amide bonds. The molecule has 2 heterocycles. The van der Waals surface area contributed by atoms with Crippen molar-refractivity contribution in [3.8, 4) is 40.1 Å². The van der Waals surface area contributed by atoms with E-state index in [0.717, 1.165) is 5.56 Å². The summed E-state index contributed by atoms with van der Waals surface area (Å²) >= 11 is 0. The van der Waals surface area contributed by atoms with Crippen molar-refractivity contribution < 1.29 is 32.9 Å².